The van der Waals surface area contributed by atoms with E-state index in [0.29, 0.717) is 0 Å². The first kappa shape index (κ1) is 13.0. The van der Waals surface area contributed by atoms with E-state index in [-0.39, 0.29) is 16.9 Å². The SMILES string of the molecule is Cc1ccc(N)c(C(=O)Nc2cc(F)ccc2F)c1. The van der Waals surface area contributed by atoms with Crippen LogP contribution in [0.1, 0.15) is 15.9 Å². The molecule has 19 heavy (non-hydrogen) atoms. The summed E-state index contributed by atoms with van der Waals surface area (Å²) in [5.74, 6) is -1.92. The fourth-order valence-electron chi connectivity index (χ4n) is 1.65. The van der Waals surface area contributed by atoms with Gasteiger partial charge < -0.3 is 11.1 Å². The van der Waals surface area contributed by atoms with Crippen LogP contribution in [0.4, 0.5) is 20.2 Å². The molecule has 0 aliphatic heterocycles. The number of nitrogen functional groups attached to an aromatic ring is 1. The first-order valence-corrected chi connectivity index (χ1v) is 5.60. The number of carbonyl (C=O) groups is 1. The van der Waals surface area contributed by atoms with E-state index >= 15 is 0 Å². The molecule has 0 fully saturated rings. The normalized spacial score (nSPS) is 10.3. The predicted molar refractivity (Wildman–Crippen MR) is 69.9 cm³/mol. The van der Waals surface area contributed by atoms with E-state index in [4.69, 9.17) is 5.73 Å². The number of hydrogen-bond donors (Lipinski definition) is 2. The molecule has 0 unspecified atom stereocenters. The van der Waals surface area contributed by atoms with Gasteiger partial charge in [0.25, 0.3) is 5.91 Å². The molecular formula is C14H12F2N2O. The van der Waals surface area contributed by atoms with Gasteiger partial charge in [0.15, 0.2) is 0 Å². The van der Waals surface area contributed by atoms with Crippen molar-refractivity contribution in [2.75, 3.05) is 11.1 Å². The van der Waals surface area contributed by atoms with Crippen LogP contribution in [0.2, 0.25) is 0 Å². The Hall–Kier alpha value is -2.43. The first-order valence-electron chi connectivity index (χ1n) is 5.60. The maximum absolute atomic E-state index is 13.4. The minimum Gasteiger partial charge on any atom is -0.398 e. The molecule has 3 nitrogen and oxygen atoms in total. The number of halogens is 2. The third kappa shape index (κ3) is 2.88. The van der Waals surface area contributed by atoms with Crippen LogP contribution in [-0.4, -0.2) is 5.91 Å². The molecule has 0 aliphatic carbocycles. The third-order valence-corrected chi connectivity index (χ3v) is 2.63. The zero-order chi connectivity index (χ0) is 14.0. The van der Waals surface area contributed by atoms with Crippen molar-refractivity contribution in [2.24, 2.45) is 0 Å². The number of aryl methyl sites for hydroxylation is 1. The number of amides is 1. The number of carbonyl (C=O) groups excluding carboxylic acids is 1. The van der Waals surface area contributed by atoms with Crippen molar-refractivity contribution >= 4 is 17.3 Å². The molecule has 2 rings (SSSR count). The number of hydrogen-bond acceptors (Lipinski definition) is 2. The lowest BCUT2D eigenvalue weighted by Gasteiger charge is -2.09. The molecule has 2 aromatic rings. The summed E-state index contributed by atoms with van der Waals surface area (Å²) in [5, 5.41) is 2.30. The van der Waals surface area contributed by atoms with Gasteiger partial charge in [-0.05, 0) is 31.2 Å². The number of benzene rings is 2. The second-order valence-corrected chi connectivity index (χ2v) is 4.17. The summed E-state index contributed by atoms with van der Waals surface area (Å²) >= 11 is 0. The molecular weight excluding hydrogens is 250 g/mol. The predicted octanol–water partition coefficient (Wildman–Crippen LogP) is 3.11. The Morgan fingerprint density at radius 1 is 1.16 bits per heavy atom. The lowest BCUT2D eigenvalue weighted by atomic mass is 10.1. The molecule has 0 heterocycles. The highest BCUT2D eigenvalue weighted by Crippen LogP contribution is 2.19. The Labute approximate surface area is 109 Å². The summed E-state index contributed by atoms with van der Waals surface area (Å²) in [5.41, 5.74) is 6.82. The smallest absolute Gasteiger partial charge is 0.257 e. The molecule has 0 saturated carbocycles. The van der Waals surface area contributed by atoms with Gasteiger partial charge in [0.1, 0.15) is 11.6 Å². The average molecular weight is 262 g/mol. The van der Waals surface area contributed by atoms with Gasteiger partial charge in [-0.3, -0.25) is 4.79 Å². The Morgan fingerprint density at radius 2 is 1.89 bits per heavy atom. The molecule has 0 bridgehead atoms. The van der Waals surface area contributed by atoms with Crippen LogP contribution < -0.4 is 11.1 Å². The quantitative estimate of drug-likeness (QED) is 0.817. The van der Waals surface area contributed by atoms with Crippen LogP contribution in [0.25, 0.3) is 0 Å². The molecule has 0 aromatic heterocycles. The Kier molecular flexibility index (Phi) is 3.46. The minimum absolute atomic E-state index is 0.217. The zero-order valence-electron chi connectivity index (χ0n) is 10.2. The van der Waals surface area contributed by atoms with Crippen LogP contribution in [0.5, 0.6) is 0 Å². The van der Waals surface area contributed by atoms with Crippen LogP contribution in [0.15, 0.2) is 36.4 Å². The number of nitrogens with one attached hydrogen (secondary N) is 1. The summed E-state index contributed by atoms with van der Waals surface area (Å²) in [6.45, 7) is 1.80. The van der Waals surface area contributed by atoms with E-state index in [1.54, 1.807) is 25.1 Å². The number of anilines is 2. The van der Waals surface area contributed by atoms with E-state index in [1.165, 1.54) is 0 Å². The third-order valence-electron chi connectivity index (χ3n) is 2.63. The highest BCUT2D eigenvalue weighted by molar-refractivity contribution is 6.07. The highest BCUT2D eigenvalue weighted by atomic mass is 19.1. The zero-order valence-corrected chi connectivity index (χ0v) is 10.2. The minimum atomic E-state index is -0.707. The molecule has 0 radical (unpaired) electrons. The molecule has 0 saturated heterocycles. The largest absolute Gasteiger partial charge is 0.398 e. The van der Waals surface area contributed by atoms with E-state index in [1.807, 2.05) is 0 Å². The summed E-state index contributed by atoms with van der Waals surface area (Å²) < 4.78 is 26.4. The van der Waals surface area contributed by atoms with Gasteiger partial charge in [-0.25, -0.2) is 8.78 Å². The lowest BCUT2D eigenvalue weighted by Crippen LogP contribution is -2.15. The number of rotatable bonds is 2. The van der Waals surface area contributed by atoms with Crippen molar-refractivity contribution in [1.82, 2.24) is 0 Å². The van der Waals surface area contributed by atoms with Crippen molar-refractivity contribution in [3.8, 4) is 0 Å². The molecule has 0 aliphatic rings. The van der Waals surface area contributed by atoms with Crippen LogP contribution in [-0.2, 0) is 0 Å². The standard InChI is InChI=1S/C14H12F2N2O/c1-8-2-5-12(17)10(6-8)14(19)18-13-7-9(15)3-4-11(13)16/h2-7H,17H2,1H3,(H,18,19). The van der Waals surface area contributed by atoms with Gasteiger partial charge >= 0.3 is 0 Å². The van der Waals surface area contributed by atoms with Gasteiger partial charge in [0.05, 0.1) is 11.3 Å². The molecule has 2 aromatic carbocycles. The monoisotopic (exact) mass is 262 g/mol. The van der Waals surface area contributed by atoms with Gasteiger partial charge in [0, 0.05) is 11.8 Å². The first-order chi connectivity index (χ1) is 8.97. The fourth-order valence-corrected chi connectivity index (χ4v) is 1.65. The van der Waals surface area contributed by atoms with Crippen molar-refractivity contribution in [1.29, 1.82) is 0 Å². The Balaban J connectivity index is 2.30. The van der Waals surface area contributed by atoms with Crippen LogP contribution >= 0.6 is 0 Å². The van der Waals surface area contributed by atoms with Crippen LogP contribution in [0, 0.1) is 18.6 Å². The van der Waals surface area contributed by atoms with E-state index in [0.717, 1.165) is 23.8 Å². The summed E-state index contributed by atoms with van der Waals surface area (Å²) in [6, 6.07) is 7.78. The number of nitrogens with two attached hydrogens (primary N) is 1. The van der Waals surface area contributed by atoms with Crippen LogP contribution in [0.3, 0.4) is 0 Å². The molecule has 0 spiro atoms. The Bertz CT molecular complexity index is 641. The van der Waals surface area contributed by atoms with Crippen molar-refractivity contribution < 1.29 is 13.6 Å². The molecule has 0 atom stereocenters. The van der Waals surface area contributed by atoms with Crippen molar-refractivity contribution in [3.05, 3.63) is 59.2 Å². The highest BCUT2D eigenvalue weighted by Gasteiger charge is 2.13. The summed E-state index contributed by atoms with van der Waals surface area (Å²) in [4.78, 5) is 12.0. The topological polar surface area (TPSA) is 55.1 Å². The second-order valence-electron chi connectivity index (χ2n) is 4.17. The van der Waals surface area contributed by atoms with Gasteiger partial charge in [0.2, 0.25) is 0 Å². The average Bonchev–Trinajstić information content (AvgIpc) is 2.36. The molecule has 1 amide bonds. The molecule has 98 valence electrons. The lowest BCUT2D eigenvalue weighted by molar-refractivity contribution is 0.102. The second kappa shape index (κ2) is 5.06. The Morgan fingerprint density at radius 3 is 2.63 bits per heavy atom. The maximum Gasteiger partial charge on any atom is 0.257 e. The van der Waals surface area contributed by atoms with Crippen molar-refractivity contribution in [2.45, 2.75) is 6.92 Å². The van der Waals surface area contributed by atoms with Gasteiger partial charge in [-0.15, -0.1) is 0 Å². The molecule has 3 N–H and O–H groups in total. The van der Waals surface area contributed by atoms with E-state index in [9.17, 15) is 13.6 Å². The maximum atomic E-state index is 13.4. The van der Waals surface area contributed by atoms with Gasteiger partial charge in [-0.1, -0.05) is 11.6 Å². The van der Waals surface area contributed by atoms with Gasteiger partial charge in [-0.2, -0.15) is 0 Å². The van der Waals surface area contributed by atoms with E-state index in [2.05, 4.69) is 5.32 Å². The van der Waals surface area contributed by atoms with E-state index < -0.39 is 17.5 Å². The van der Waals surface area contributed by atoms with Crippen molar-refractivity contribution in [3.63, 3.8) is 0 Å². The molecule has 5 heteroatoms. The summed E-state index contributed by atoms with van der Waals surface area (Å²) in [6.07, 6.45) is 0. The fraction of sp³-hybridized carbons (Fsp3) is 0.0714. The summed E-state index contributed by atoms with van der Waals surface area (Å²) in [7, 11) is 0.